The van der Waals surface area contributed by atoms with Crippen molar-refractivity contribution in [1.29, 1.82) is 0 Å². The van der Waals surface area contributed by atoms with Gasteiger partial charge in [0, 0.05) is 38.8 Å². The van der Waals surface area contributed by atoms with Crippen molar-refractivity contribution in [3.05, 3.63) is 48.6 Å². The molecule has 2 N–H and O–H groups in total. The summed E-state index contributed by atoms with van der Waals surface area (Å²) in [6.07, 6.45) is 45.7. The summed E-state index contributed by atoms with van der Waals surface area (Å²) in [6.45, 7) is 9.18. The number of esters is 2. The third-order valence-electron chi connectivity index (χ3n) is 10.7. The molecule has 1 saturated heterocycles. The fourth-order valence-corrected chi connectivity index (χ4v) is 7.04. The number of aliphatic hydroxyl groups is 1. The van der Waals surface area contributed by atoms with Crippen molar-refractivity contribution < 1.29 is 29.0 Å². The maximum absolute atomic E-state index is 13.0. The Bertz CT molecular complexity index is 1030. The van der Waals surface area contributed by atoms with Gasteiger partial charge in [0.25, 0.3) is 0 Å². The molecular weight excluding hydrogens is 727 g/mol. The Hall–Kier alpha value is -2.75. The van der Waals surface area contributed by atoms with Gasteiger partial charge in [0.2, 0.25) is 5.91 Å². The molecule has 1 heterocycles. The largest absolute Gasteiger partial charge is 0.466 e. The molecule has 1 aliphatic rings. The number of ether oxygens (including phenoxy) is 2. The Labute approximate surface area is 355 Å². The van der Waals surface area contributed by atoms with Crippen molar-refractivity contribution in [3.8, 4) is 0 Å². The first kappa shape index (κ1) is 53.3. The van der Waals surface area contributed by atoms with Crippen LogP contribution < -0.4 is 5.32 Å². The van der Waals surface area contributed by atoms with E-state index in [2.05, 4.69) is 77.6 Å². The molecule has 1 rings (SSSR count). The van der Waals surface area contributed by atoms with Crippen LogP contribution in [0.4, 0.5) is 0 Å². The number of nitrogens with one attached hydrogen (secondary N) is 1. The average molecular weight is 814 g/mol. The van der Waals surface area contributed by atoms with Gasteiger partial charge < -0.3 is 19.9 Å². The van der Waals surface area contributed by atoms with Crippen molar-refractivity contribution in [2.45, 2.75) is 187 Å². The number of hydrogen-bond acceptors (Lipinski definition) is 8. The summed E-state index contributed by atoms with van der Waals surface area (Å²) < 4.78 is 11.1. The molecule has 0 aromatic rings. The van der Waals surface area contributed by atoms with Gasteiger partial charge in [0.15, 0.2) is 0 Å². The smallest absolute Gasteiger partial charge is 0.307 e. The van der Waals surface area contributed by atoms with Crippen LogP contribution in [0.15, 0.2) is 48.6 Å². The van der Waals surface area contributed by atoms with E-state index < -0.39 is 18.0 Å². The predicted molar refractivity (Wildman–Crippen MR) is 242 cm³/mol. The third kappa shape index (κ3) is 35.2. The van der Waals surface area contributed by atoms with E-state index in [9.17, 15) is 19.5 Å². The topological polar surface area (TPSA) is 108 Å². The first-order chi connectivity index (χ1) is 28.5. The highest BCUT2D eigenvalue weighted by Crippen LogP contribution is 2.12. The first-order valence-electron chi connectivity index (χ1n) is 23.7. The highest BCUT2D eigenvalue weighted by Gasteiger charge is 2.24. The van der Waals surface area contributed by atoms with Crippen molar-refractivity contribution in [3.63, 3.8) is 0 Å². The van der Waals surface area contributed by atoms with Crippen LogP contribution in [0.5, 0.6) is 0 Å². The molecular formula is C49H87N3O6. The molecule has 0 radical (unpaired) electrons. The summed E-state index contributed by atoms with van der Waals surface area (Å²) in [6, 6.07) is -0.671. The molecule has 0 saturated carbocycles. The summed E-state index contributed by atoms with van der Waals surface area (Å²) in [5, 5.41) is 12.1. The summed E-state index contributed by atoms with van der Waals surface area (Å²) in [5.74, 6) is -1.01. The standard InChI is InChI=1S/C49H87N3O6/c1-3-5-7-9-11-13-15-17-19-21-23-25-27-29-31-33-41-57-48(55)43-46(50-47(54)45-52-37-35-51(36-38-52)39-40-53)44-49(56)58-42-34-32-30-28-26-24-22-20-18-16-14-12-10-8-6-4-2/h11-14,17-20,46,53H,3-10,15-16,21-45H2,1-2H3,(H,50,54). The van der Waals surface area contributed by atoms with E-state index in [0.717, 1.165) is 90.4 Å². The molecule has 0 spiro atoms. The lowest BCUT2D eigenvalue weighted by Gasteiger charge is -2.34. The van der Waals surface area contributed by atoms with Crippen LogP contribution in [0.1, 0.15) is 181 Å². The molecule has 0 bridgehead atoms. The van der Waals surface area contributed by atoms with Crippen LogP contribution in [0.25, 0.3) is 0 Å². The Balaban J connectivity index is 2.29. The van der Waals surface area contributed by atoms with E-state index in [4.69, 9.17) is 9.47 Å². The molecule has 0 atom stereocenters. The van der Waals surface area contributed by atoms with E-state index in [1.807, 2.05) is 0 Å². The number of β-amino-alcohol motifs (C(OH)–C–C–N with tert-alkyl or cyclic N) is 1. The van der Waals surface area contributed by atoms with E-state index >= 15 is 0 Å². The molecule has 1 fully saturated rings. The SMILES string of the molecule is CCCCCC=CCC=CCCCCCCCCOC(=O)CC(CC(=O)OCCCCCCCCC=CCC=CCCCCC)NC(=O)CN1CCN(CCO)CC1. The fraction of sp³-hybridized carbons (Fsp3) is 0.776. The minimum atomic E-state index is -0.671. The number of unbranched alkanes of at least 4 members (excludes halogenated alkanes) is 18. The zero-order chi connectivity index (χ0) is 42.0. The molecule has 0 unspecified atom stereocenters. The number of piperazine rings is 1. The Morgan fingerprint density at radius 3 is 1.33 bits per heavy atom. The van der Waals surface area contributed by atoms with Gasteiger partial charge in [-0.15, -0.1) is 0 Å². The van der Waals surface area contributed by atoms with E-state index in [1.54, 1.807) is 0 Å². The number of hydrogen-bond donors (Lipinski definition) is 2. The molecule has 0 aromatic heterocycles. The molecule has 58 heavy (non-hydrogen) atoms. The van der Waals surface area contributed by atoms with Crippen LogP contribution in [0.3, 0.4) is 0 Å². The van der Waals surface area contributed by atoms with Crippen molar-refractivity contribution >= 4 is 17.8 Å². The second-order valence-corrected chi connectivity index (χ2v) is 16.1. The van der Waals surface area contributed by atoms with E-state index in [0.29, 0.717) is 19.8 Å². The number of rotatable bonds is 39. The lowest BCUT2D eigenvalue weighted by Crippen LogP contribution is -2.51. The molecule has 0 aromatic carbocycles. The summed E-state index contributed by atoms with van der Waals surface area (Å²) in [5.41, 5.74) is 0. The fourth-order valence-electron chi connectivity index (χ4n) is 7.04. The second-order valence-electron chi connectivity index (χ2n) is 16.1. The first-order valence-corrected chi connectivity index (χ1v) is 23.7. The van der Waals surface area contributed by atoms with Crippen molar-refractivity contribution in [2.24, 2.45) is 0 Å². The highest BCUT2D eigenvalue weighted by molar-refractivity contribution is 5.81. The minimum Gasteiger partial charge on any atom is -0.466 e. The van der Waals surface area contributed by atoms with E-state index in [-0.39, 0.29) is 31.9 Å². The molecule has 9 heteroatoms. The van der Waals surface area contributed by atoms with Crippen molar-refractivity contribution in [1.82, 2.24) is 15.1 Å². The van der Waals surface area contributed by atoms with Gasteiger partial charge in [-0.25, -0.2) is 0 Å². The zero-order valence-corrected chi connectivity index (χ0v) is 37.3. The van der Waals surface area contributed by atoms with Crippen LogP contribution in [0.2, 0.25) is 0 Å². The third-order valence-corrected chi connectivity index (χ3v) is 10.7. The molecule has 1 amide bonds. The summed E-state index contributed by atoms with van der Waals surface area (Å²) in [7, 11) is 0. The van der Waals surface area contributed by atoms with Crippen LogP contribution in [-0.4, -0.2) is 97.9 Å². The van der Waals surface area contributed by atoms with Gasteiger partial charge in [0.1, 0.15) is 0 Å². The number of carbonyl (C=O) groups excluding carboxylic acids is 3. The zero-order valence-electron chi connectivity index (χ0n) is 37.3. The summed E-state index contributed by atoms with van der Waals surface area (Å²) >= 11 is 0. The van der Waals surface area contributed by atoms with Crippen LogP contribution in [-0.2, 0) is 23.9 Å². The van der Waals surface area contributed by atoms with Crippen LogP contribution >= 0.6 is 0 Å². The quantitative estimate of drug-likeness (QED) is 0.0359. The monoisotopic (exact) mass is 814 g/mol. The molecule has 0 aliphatic carbocycles. The minimum absolute atomic E-state index is 0.0573. The number of allylic oxidation sites excluding steroid dienone is 8. The molecule has 9 nitrogen and oxygen atoms in total. The van der Waals surface area contributed by atoms with Gasteiger partial charge in [-0.1, -0.05) is 140 Å². The average Bonchev–Trinajstić information content (AvgIpc) is 3.21. The van der Waals surface area contributed by atoms with Crippen molar-refractivity contribution in [2.75, 3.05) is 59.1 Å². The lowest BCUT2D eigenvalue weighted by atomic mass is 10.1. The van der Waals surface area contributed by atoms with Gasteiger partial charge >= 0.3 is 11.9 Å². The van der Waals surface area contributed by atoms with E-state index in [1.165, 1.54) is 89.9 Å². The molecule has 1 aliphatic heterocycles. The Morgan fingerprint density at radius 2 is 0.914 bits per heavy atom. The Kier molecular flexibility index (Phi) is 37.7. The number of aliphatic hydroxyl groups excluding tert-OH is 1. The number of amides is 1. The Morgan fingerprint density at radius 1 is 0.534 bits per heavy atom. The molecule has 334 valence electrons. The second kappa shape index (κ2) is 41.0. The normalized spacial score (nSPS) is 14.7. The van der Waals surface area contributed by atoms with Crippen LogP contribution in [0, 0.1) is 0 Å². The predicted octanol–water partition coefficient (Wildman–Crippen LogP) is 10.6. The van der Waals surface area contributed by atoms with Gasteiger partial charge in [0.05, 0.1) is 39.2 Å². The highest BCUT2D eigenvalue weighted by atomic mass is 16.5. The van der Waals surface area contributed by atoms with Gasteiger partial charge in [-0.2, -0.15) is 0 Å². The lowest BCUT2D eigenvalue weighted by molar-refractivity contribution is -0.146. The van der Waals surface area contributed by atoms with Gasteiger partial charge in [-0.3, -0.25) is 24.2 Å². The van der Waals surface area contributed by atoms with Gasteiger partial charge in [-0.05, 0) is 77.0 Å². The maximum atomic E-state index is 13.0. The number of nitrogens with zero attached hydrogens (tertiary/aromatic N) is 2. The number of carbonyl (C=O) groups is 3. The maximum Gasteiger partial charge on any atom is 0.307 e. The summed E-state index contributed by atoms with van der Waals surface area (Å²) in [4.78, 5) is 42.9.